The molecule has 0 spiro atoms. The van der Waals surface area contributed by atoms with Crippen molar-refractivity contribution in [3.05, 3.63) is 29.6 Å². The molecule has 0 bridgehead atoms. The molecule has 0 atom stereocenters. The van der Waals surface area contributed by atoms with Crippen molar-refractivity contribution < 1.29 is 12.8 Å². The second-order valence-electron chi connectivity index (χ2n) is 5.52. The van der Waals surface area contributed by atoms with Crippen molar-refractivity contribution in [2.24, 2.45) is 11.1 Å². The van der Waals surface area contributed by atoms with Gasteiger partial charge >= 0.3 is 0 Å². The lowest BCUT2D eigenvalue weighted by molar-refractivity contribution is 0.291. The van der Waals surface area contributed by atoms with Crippen molar-refractivity contribution in [1.82, 2.24) is 4.31 Å². The molecule has 0 aliphatic carbocycles. The first kappa shape index (κ1) is 16.1. The van der Waals surface area contributed by atoms with Crippen LogP contribution in [0.15, 0.2) is 23.1 Å². The number of nitrogens with two attached hydrogens (primary N) is 1. The van der Waals surface area contributed by atoms with E-state index in [0.717, 1.165) is 10.4 Å². The van der Waals surface area contributed by atoms with Crippen molar-refractivity contribution in [2.75, 3.05) is 20.1 Å². The first-order chi connectivity index (χ1) is 8.62. The molecule has 1 rings (SSSR count). The van der Waals surface area contributed by atoms with Gasteiger partial charge in [0.25, 0.3) is 0 Å². The lowest BCUT2D eigenvalue weighted by atomic mass is 9.94. The predicted octanol–water partition coefficient (Wildman–Crippen LogP) is 1.74. The lowest BCUT2D eigenvalue weighted by Crippen LogP contribution is -2.40. The normalized spacial score (nSPS) is 13.0. The van der Waals surface area contributed by atoms with Gasteiger partial charge in [0, 0.05) is 13.6 Å². The maximum Gasteiger partial charge on any atom is 0.246 e. The Morgan fingerprint density at radius 1 is 1.37 bits per heavy atom. The summed E-state index contributed by atoms with van der Waals surface area (Å²) >= 11 is 0. The van der Waals surface area contributed by atoms with Crippen LogP contribution in [-0.2, 0) is 10.0 Å². The Kier molecular flexibility index (Phi) is 4.71. The third-order valence-electron chi connectivity index (χ3n) is 3.04. The molecule has 0 unspecified atom stereocenters. The summed E-state index contributed by atoms with van der Waals surface area (Å²) in [5.41, 5.74) is 5.64. The summed E-state index contributed by atoms with van der Waals surface area (Å²) in [6.45, 7) is 5.90. The zero-order valence-corrected chi connectivity index (χ0v) is 12.6. The van der Waals surface area contributed by atoms with Crippen LogP contribution >= 0.6 is 0 Å². The third-order valence-corrected chi connectivity index (χ3v) is 5.02. The minimum atomic E-state index is -3.84. The van der Waals surface area contributed by atoms with Gasteiger partial charge in [0.1, 0.15) is 10.7 Å². The average molecular weight is 288 g/mol. The van der Waals surface area contributed by atoms with E-state index in [4.69, 9.17) is 5.73 Å². The summed E-state index contributed by atoms with van der Waals surface area (Å²) in [6, 6.07) is 4.23. The molecule has 2 N–H and O–H groups in total. The molecule has 0 aliphatic rings. The molecule has 0 saturated heterocycles. The Hall–Kier alpha value is -0.980. The van der Waals surface area contributed by atoms with Gasteiger partial charge < -0.3 is 5.73 Å². The van der Waals surface area contributed by atoms with Crippen molar-refractivity contribution >= 4 is 10.0 Å². The Morgan fingerprint density at radius 3 is 2.42 bits per heavy atom. The molecule has 0 fully saturated rings. The number of sulfonamides is 1. The number of rotatable bonds is 5. The van der Waals surface area contributed by atoms with Crippen LogP contribution in [0.2, 0.25) is 0 Å². The van der Waals surface area contributed by atoms with E-state index in [2.05, 4.69) is 0 Å². The zero-order chi connectivity index (χ0) is 14.8. The van der Waals surface area contributed by atoms with Crippen molar-refractivity contribution in [1.29, 1.82) is 0 Å². The molecule has 108 valence electrons. The van der Waals surface area contributed by atoms with Crippen LogP contribution in [0.5, 0.6) is 0 Å². The molecule has 19 heavy (non-hydrogen) atoms. The molecule has 0 aromatic heterocycles. The molecule has 1 aromatic carbocycles. The molecule has 0 amide bonds. The minimum Gasteiger partial charge on any atom is -0.330 e. The Bertz CT molecular complexity index is 536. The maximum atomic E-state index is 13.8. The van der Waals surface area contributed by atoms with Gasteiger partial charge in [-0.05, 0) is 30.5 Å². The highest BCUT2D eigenvalue weighted by Crippen LogP contribution is 2.25. The van der Waals surface area contributed by atoms with Gasteiger partial charge in [-0.3, -0.25) is 0 Å². The Balaban J connectivity index is 3.18. The Labute approximate surface area is 114 Å². The fraction of sp³-hybridized carbons (Fsp3) is 0.538. The highest BCUT2D eigenvalue weighted by Gasteiger charge is 2.30. The van der Waals surface area contributed by atoms with E-state index in [1.165, 1.54) is 13.1 Å². The largest absolute Gasteiger partial charge is 0.330 e. The number of halogens is 1. The van der Waals surface area contributed by atoms with Gasteiger partial charge in [-0.15, -0.1) is 0 Å². The molecule has 6 heteroatoms. The minimum absolute atomic E-state index is 0.236. The number of nitrogens with zero attached hydrogens (tertiary/aromatic N) is 1. The van der Waals surface area contributed by atoms with Gasteiger partial charge in [-0.1, -0.05) is 26.0 Å². The SMILES string of the molecule is Cc1cccc(F)c1S(=O)(=O)N(C)CC(C)(C)CN. The van der Waals surface area contributed by atoms with E-state index >= 15 is 0 Å². The number of hydrogen-bond donors (Lipinski definition) is 1. The van der Waals surface area contributed by atoms with Crippen LogP contribution in [0.25, 0.3) is 0 Å². The topological polar surface area (TPSA) is 63.4 Å². The fourth-order valence-electron chi connectivity index (χ4n) is 1.85. The molecule has 0 heterocycles. The predicted molar refractivity (Wildman–Crippen MR) is 73.8 cm³/mol. The smallest absolute Gasteiger partial charge is 0.246 e. The molecular weight excluding hydrogens is 267 g/mol. The number of benzene rings is 1. The fourth-order valence-corrected chi connectivity index (χ4v) is 3.47. The molecule has 0 saturated carbocycles. The Morgan fingerprint density at radius 2 is 1.95 bits per heavy atom. The maximum absolute atomic E-state index is 13.8. The van der Waals surface area contributed by atoms with Crippen LogP contribution < -0.4 is 5.73 Å². The molecular formula is C13H21FN2O2S. The van der Waals surface area contributed by atoms with E-state index in [0.29, 0.717) is 12.1 Å². The van der Waals surface area contributed by atoms with Gasteiger partial charge in [0.15, 0.2) is 0 Å². The van der Waals surface area contributed by atoms with E-state index in [1.807, 2.05) is 13.8 Å². The molecule has 0 radical (unpaired) electrons. The average Bonchev–Trinajstić information content (AvgIpc) is 2.27. The molecule has 4 nitrogen and oxygen atoms in total. The second kappa shape index (κ2) is 5.56. The summed E-state index contributed by atoms with van der Waals surface area (Å²) in [6.07, 6.45) is 0. The standard InChI is InChI=1S/C13H21FN2O2S/c1-10-6-5-7-11(14)12(10)19(17,18)16(4)9-13(2,3)8-15/h5-7H,8-9,15H2,1-4H3. The van der Waals surface area contributed by atoms with E-state index in [9.17, 15) is 12.8 Å². The van der Waals surface area contributed by atoms with Gasteiger partial charge in [0.2, 0.25) is 10.0 Å². The van der Waals surface area contributed by atoms with Crippen molar-refractivity contribution in [3.63, 3.8) is 0 Å². The van der Waals surface area contributed by atoms with Crippen LogP contribution in [0.4, 0.5) is 4.39 Å². The second-order valence-corrected chi connectivity index (χ2v) is 7.50. The van der Waals surface area contributed by atoms with Gasteiger partial charge in [-0.2, -0.15) is 0 Å². The highest BCUT2D eigenvalue weighted by atomic mass is 32.2. The quantitative estimate of drug-likeness (QED) is 0.897. The van der Waals surface area contributed by atoms with Crippen LogP contribution in [-0.4, -0.2) is 32.9 Å². The molecule has 0 aliphatic heterocycles. The monoisotopic (exact) mass is 288 g/mol. The van der Waals surface area contributed by atoms with Gasteiger partial charge in [-0.25, -0.2) is 17.1 Å². The summed E-state index contributed by atoms with van der Waals surface area (Å²) in [5, 5.41) is 0. The highest BCUT2D eigenvalue weighted by molar-refractivity contribution is 7.89. The first-order valence-electron chi connectivity index (χ1n) is 6.03. The third kappa shape index (κ3) is 3.52. The van der Waals surface area contributed by atoms with Crippen molar-refractivity contribution in [2.45, 2.75) is 25.7 Å². The van der Waals surface area contributed by atoms with Crippen LogP contribution in [0, 0.1) is 18.2 Å². The first-order valence-corrected chi connectivity index (χ1v) is 7.47. The van der Waals surface area contributed by atoms with Crippen LogP contribution in [0.3, 0.4) is 0 Å². The summed E-state index contributed by atoms with van der Waals surface area (Å²) in [7, 11) is -2.40. The number of hydrogen-bond acceptors (Lipinski definition) is 3. The number of aryl methyl sites for hydroxylation is 1. The zero-order valence-electron chi connectivity index (χ0n) is 11.8. The van der Waals surface area contributed by atoms with E-state index in [-0.39, 0.29) is 16.9 Å². The summed E-state index contributed by atoms with van der Waals surface area (Å²) in [4.78, 5) is -0.259. The summed E-state index contributed by atoms with van der Waals surface area (Å²) < 4.78 is 39.8. The summed E-state index contributed by atoms with van der Waals surface area (Å²) in [5.74, 6) is -0.725. The van der Waals surface area contributed by atoms with Crippen LogP contribution in [0.1, 0.15) is 19.4 Å². The van der Waals surface area contributed by atoms with E-state index < -0.39 is 15.8 Å². The van der Waals surface area contributed by atoms with Crippen molar-refractivity contribution in [3.8, 4) is 0 Å². The van der Waals surface area contributed by atoms with Gasteiger partial charge in [0.05, 0.1) is 0 Å². The lowest BCUT2D eigenvalue weighted by Gasteiger charge is -2.28. The van der Waals surface area contributed by atoms with E-state index in [1.54, 1.807) is 13.0 Å². The molecule has 1 aromatic rings.